The molecule has 0 radical (unpaired) electrons. The van der Waals surface area contributed by atoms with Crippen LogP contribution in [-0.2, 0) is 16.0 Å². The van der Waals surface area contributed by atoms with Crippen molar-refractivity contribution in [2.75, 3.05) is 5.32 Å². The van der Waals surface area contributed by atoms with Gasteiger partial charge in [-0.05, 0) is 43.7 Å². The summed E-state index contributed by atoms with van der Waals surface area (Å²) in [5.74, 6) is -0.696. The van der Waals surface area contributed by atoms with Gasteiger partial charge in [-0.15, -0.1) is 0 Å². The van der Waals surface area contributed by atoms with Crippen molar-refractivity contribution in [2.24, 2.45) is 0 Å². The van der Waals surface area contributed by atoms with E-state index in [1.165, 1.54) is 0 Å². The maximum atomic E-state index is 12.0. The van der Waals surface area contributed by atoms with Gasteiger partial charge in [0, 0.05) is 35.1 Å². The molecular formula is C18H20ClN3O2. The maximum absolute atomic E-state index is 12.0. The number of pyridine rings is 1. The standard InChI is InChI=1S/C18H20ClN3O2/c1-12-6-7-14(19)10-16(12)22-18(24)11-17(23)21-13(2)9-15-5-3-4-8-20-15/h3-8,10,13H,9,11H2,1-2H3,(H,21,23)(H,22,24). The quantitative estimate of drug-likeness (QED) is 0.790. The highest BCUT2D eigenvalue weighted by Crippen LogP contribution is 2.20. The number of carbonyl (C=O) groups is 2. The highest BCUT2D eigenvalue weighted by atomic mass is 35.5. The number of carbonyl (C=O) groups excluding carboxylic acids is 2. The predicted molar refractivity (Wildman–Crippen MR) is 95.0 cm³/mol. The zero-order valence-electron chi connectivity index (χ0n) is 13.7. The molecule has 1 unspecified atom stereocenters. The molecule has 5 nitrogen and oxygen atoms in total. The van der Waals surface area contributed by atoms with Crippen molar-refractivity contribution in [1.82, 2.24) is 10.3 Å². The molecule has 126 valence electrons. The molecule has 6 heteroatoms. The van der Waals surface area contributed by atoms with E-state index in [-0.39, 0.29) is 24.3 Å². The summed E-state index contributed by atoms with van der Waals surface area (Å²) in [6.45, 7) is 3.74. The summed E-state index contributed by atoms with van der Waals surface area (Å²) >= 11 is 5.92. The second-order valence-corrected chi connectivity index (χ2v) is 6.11. The fourth-order valence-electron chi connectivity index (χ4n) is 2.28. The van der Waals surface area contributed by atoms with Crippen molar-refractivity contribution in [2.45, 2.75) is 32.7 Å². The van der Waals surface area contributed by atoms with Crippen LogP contribution in [0.3, 0.4) is 0 Å². The number of anilines is 1. The topological polar surface area (TPSA) is 71.1 Å². The van der Waals surface area contributed by atoms with Gasteiger partial charge in [-0.2, -0.15) is 0 Å². The average molecular weight is 346 g/mol. The first-order valence-electron chi connectivity index (χ1n) is 7.69. The smallest absolute Gasteiger partial charge is 0.233 e. The molecule has 0 saturated heterocycles. The van der Waals surface area contributed by atoms with Crippen molar-refractivity contribution >= 4 is 29.1 Å². The molecule has 0 saturated carbocycles. The third kappa shape index (κ3) is 5.66. The number of aromatic nitrogens is 1. The van der Waals surface area contributed by atoms with Gasteiger partial charge >= 0.3 is 0 Å². The van der Waals surface area contributed by atoms with Gasteiger partial charge in [0.2, 0.25) is 11.8 Å². The summed E-state index contributed by atoms with van der Waals surface area (Å²) in [5, 5.41) is 6.05. The molecule has 1 heterocycles. The van der Waals surface area contributed by atoms with Crippen molar-refractivity contribution < 1.29 is 9.59 Å². The van der Waals surface area contributed by atoms with Gasteiger partial charge in [0.1, 0.15) is 6.42 Å². The highest BCUT2D eigenvalue weighted by molar-refractivity contribution is 6.31. The molecule has 2 amide bonds. The average Bonchev–Trinajstić information content (AvgIpc) is 2.51. The second kappa shape index (κ2) is 8.45. The number of nitrogens with zero attached hydrogens (tertiary/aromatic N) is 1. The monoisotopic (exact) mass is 345 g/mol. The molecule has 2 aromatic rings. The molecule has 2 rings (SSSR count). The van der Waals surface area contributed by atoms with E-state index in [0.717, 1.165) is 11.3 Å². The summed E-state index contributed by atoms with van der Waals surface area (Å²) in [4.78, 5) is 28.2. The second-order valence-electron chi connectivity index (χ2n) is 5.68. The van der Waals surface area contributed by atoms with Gasteiger partial charge < -0.3 is 10.6 Å². The van der Waals surface area contributed by atoms with Crippen LogP contribution >= 0.6 is 11.6 Å². The van der Waals surface area contributed by atoms with Crippen LogP contribution in [-0.4, -0.2) is 22.8 Å². The number of hydrogen-bond donors (Lipinski definition) is 2. The predicted octanol–water partition coefficient (Wildman–Crippen LogP) is 3.12. The minimum atomic E-state index is -0.372. The van der Waals surface area contributed by atoms with Crippen LogP contribution in [0.15, 0.2) is 42.6 Å². The van der Waals surface area contributed by atoms with Crippen LogP contribution in [0, 0.1) is 6.92 Å². The molecule has 24 heavy (non-hydrogen) atoms. The SMILES string of the molecule is Cc1ccc(Cl)cc1NC(=O)CC(=O)NC(C)Cc1ccccn1. The first kappa shape index (κ1) is 17.9. The number of rotatable bonds is 6. The van der Waals surface area contributed by atoms with E-state index in [9.17, 15) is 9.59 Å². The van der Waals surface area contributed by atoms with Crippen LogP contribution in [0.25, 0.3) is 0 Å². The van der Waals surface area contributed by atoms with Crippen LogP contribution in [0.5, 0.6) is 0 Å². The molecule has 0 bridgehead atoms. The van der Waals surface area contributed by atoms with Gasteiger partial charge in [0.25, 0.3) is 0 Å². The molecule has 1 aromatic heterocycles. The Hall–Kier alpha value is -2.40. The van der Waals surface area contributed by atoms with Gasteiger partial charge in [-0.3, -0.25) is 14.6 Å². The largest absolute Gasteiger partial charge is 0.353 e. The van der Waals surface area contributed by atoms with Crippen LogP contribution in [0.4, 0.5) is 5.69 Å². The van der Waals surface area contributed by atoms with Crippen molar-refractivity contribution in [3.8, 4) is 0 Å². The third-order valence-electron chi connectivity index (χ3n) is 3.44. The number of halogens is 1. The van der Waals surface area contributed by atoms with E-state index < -0.39 is 0 Å². The first-order valence-corrected chi connectivity index (χ1v) is 8.07. The summed E-state index contributed by atoms with van der Waals surface area (Å²) < 4.78 is 0. The van der Waals surface area contributed by atoms with Crippen LogP contribution in [0.2, 0.25) is 5.02 Å². The third-order valence-corrected chi connectivity index (χ3v) is 3.68. The van der Waals surface area contributed by atoms with Crippen LogP contribution < -0.4 is 10.6 Å². The zero-order valence-corrected chi connectivity index (χ0v) is 14.4. The van der Waals surface area contributed by atoms with Crippen molar-refractivity contribution in [1.29, 1.82) is 0 Å². The van der Waals surface area contributed by atoms with Gasteiger partial charge in [0.05, 0.1) is 0 Å². The minimum Gasteiger partial charge on any atom is -0.353 e. The lowest BCUT2D eigenvalue weighted by Gasteiger charge is -2.14. The van der Waals surface area contributed by atoms with Gasteiger partial charge in [-0.25, -0.2) is 0 Å². The minimum absolute atomic E-state index is 0.104. The van der Waals surface area contributed by atoms with Crippen molar-refractivity contribution in [3.63, 3.8) is 0 Å². The fourth-order valence-corrected chi connectivity index (χ4v) is 2.45. The lowest BCUT2D eigenvalue weighted by molar-refractivity contribution is -0.127. The Morgan fingerprint density at radius 1 is 1.21 bits per heavy atom. The number of nitrogens with one attached hydrogen (secondary N) is 2. The molecule has 0 fully saturated rings. The fraction of sp³-hybridized carbons (Fsp3) is 0.278. The normalized spacial score (nSPS) is 11.6. The van der Waals surface area contributed by atoms with Crippen molar-refractivity contribution in [3.05, 3.63) is 58.9 Å². The number of aryl methyl sites for hydroxylation is 1. The summed E-state index contributed by atoms with van der Waals surface area (Å²) in [5.41, 5.74) is 2.39. The van der Waals surface area contributed by atoms with Crippen LogP contribution in [0.1, 0.15) is 24.6 Å². The molecule has 0 spiro atoms. The summed E-state index contributed by atoms with van der Waals surface area (Å²) in [7, 11) is 0. The highest BCUT2D eigenvalue weighted by Gasteiger charge is 2.14. The van der Waals surface area contributed by atoms with E-state index in [4.69, 9.17) is 11.6 Å². The lowest BCUT2D eigenvalue weighted by Crippen LogP contribution is -2.36. The molecule has 2 N–H and O–H groups in total. The maximum Gasteiger partial charge on any atom is 0.233 e. The Morgan fingerprint density at radius 3 is 2.71 bits per heavy atom. The lowest BCUT2D eigenvalue weighted by atomic mass is 10.1. The summed E-state index contributed by atoms with van der Waals surface area (Å²) in [6, 6.07) is 10.8. The van der Waals surface area contributed by atoms with Gasteiger partial charge in [0.15, 0.2) is 0 Å². The van der Waals surface area contributed by atoms with E-state index in [1.54, 1.807) is 18.3 Å². The molecule has 1 atom stereocenters. The Balaban J connectivity index is 1.83. The van der Waals surface area contributed by atoms with E-state index in [2.05, 4.69) is 15.6 Å². The molecule has 0 aliphatic rings. The zero-order chi connectivity index (χ0) is 17.5. The van der Waals surface area contributed by atoms with E-state index in [0.29, 0.717) is 17.1 Å². The Kier molecular flexibility index (Phi) is 6.32. The molecular weight excluding hydrogens is 326 g/mol. The Labute approximate surface area is 146 Å². The molecule has 0 aliphatic heterocycles. The molecule has 0 aliphatic carbocycles. The van der Waals surface area contributed by atoms with Gasteiger partial charge in [-0.1, -0.05) is 23.7 Å². The molecule has 1 aromatic carbocycles. The Morgan fingerprint density at radius 2 is 2.00 bits per heavy atom. The van der Waals surface area contributed by atoms with E-state index >= 15 is 0 Å². The number of hydrogen-bond acceptors (Lipinski definition) is 3. The number of amides is 2. The Bertz CT molecular complexity index is 719. The number of benzene rings is 1. The van der Waals surface area contributed by atoms with E-state index in [1.807, 2.05) is 38.1 Å². The first-order chi connectivity index (χ1) is 11.4. The summed E-state index contributed by atoms with van der Waals surface area (Å²) in [6.07, 6.45) is 2.09.